The zero-order valence-electron chi connectivity index (χ0n) is 12.4. The van der Waals surface area contributed by atoms with Crippen LogP contribution in [0.25, 0.3) is 0 Å². The molecule has 1 aliphatic heterocycles. The van der Waals surface area contributed by atoms with Gasteiger partial charge in [0.15, 0.2) is 0 Å². The van der Waals surface area contributed by atoms with Crippen LogP contribution in [0, 0.1) is 17.0 Å². The van der Waals surface area contributed by atoms with Crippen LogP contribution >= 0.6 is 11.6 Å². The van der Waals surface area contributed by atoms with Crippen molar-refractivity contribution in [2.75, 3.05) is 13.2 Å². The summed E-state index contributed by atoms with van der Waals surface area (Å²) in [5.41, 5.74) is 0.975. The minimum absolute atomic E-state index is 0.584. The number of imidazole rings is 1. The summed E-state index contributed by atoms with van der Waals surface area (Å²) in [5.74, 6) is 0.197. The van der Waals surface area contributed by atoms with Gasteiger partial charge in [-0.3, -0.25) is 0 Å². The first-order valence-electron chi connectivity index (χ1n) is 6.78. The predicted octanol–water partition coefficient (Wildman–Crippen LogP) is 2.40. The molecular formula is C14H16ClN3O5. The highest BCUT2D eigenvalue weighted by molar-refractivity contribution is 6.30. The topological polar surface area (TPSA) is 99.7 Å². The maximum Gasteiger partial charge on any atom is 0.291 e. The third-order valence-corrected chi connectivity index (χ3v) is 3.59. The number of aromatic nitrogens is 2. The molecule has 0 amide bonds. The van der Waals surface area contributed by atoms with Gasteiger partial charge in [0.05, 0.1) is 19.8 Å². The Labute approximate surface area is 137 Å². The maximum absolute atomic E-state index is 8.36. The number of hydrogen-bond donors (Lipinski definition) is 1. The van der Waals surface area contributed by atoms with E-state index < -0.39 is 10.9 Å². The van der Waals surface area contributed by atoms with Crippen LogP contribution in [0.2, 0.25) is 5.02 Å². The lowest BCUT2D eigenvalue weighted by atomic mass is 10.1. The van der Waals surface area contributed by atoms with Gasteiger partial charge in [0.2, 0.25) is 5.79 Å². The Morgan fingerprint density at radius 3 is 2.43 bits per heavy atom. The number of hydrogen-bond acceptors (Lipinski definition) is 5. The molecular weight excluding hydrogens is 326 g/mol. The summed E-state index contributed by atoms with van der Waals surface area (Å²) in [4.78, 5) is 12.6. The fourth-order valence-corrected chi connectivity index (χ4v) is 2.43. The first-order valence-corrected chi connectivity index (χ1v) is 7.16. The molecule has 0 radical (unpaired) electrons. The molecule has 0 saturated carbocycles. The molecule has 3 rings (SSSR count). The Kier molecular flexibility index (Phi) is 5.54. The number of nitrogens with zero attached hydrogens (tertiary/aromatic N) is 3. The normalized spacial score (nSPS) is 15.7. The van der Waals surface area contributed by atoms with Gasteiger partial charge in [-0.05, 0) is 19.1 Å². The van der Waals surface area contributed by atoms with E-state index in [0.29, 0.717) is 24.8 Å². The summed E-state index contributed by atoms with van der Waals surface area (Å²) in [6.45, 7) is 3.73. The van der Waals surface area contributed by atoms with Crippen LogP contribution in [0.1, 0.15) is 11.4 Å². The van der Waals surface area contributed by atoms with Crippen LogP contribution < -0.4 is 0 Å². The molecule has 1 aromatic heterocycles. The van der Waals surface area contributed by atoms with Gasteiger partial charge in [-0.25, -0.2) is 4.98 Å². The summed E-state index contributed by atoms with van der Waals surface area (Å²) < 4.78 is 13.8. The number of aryl methyl sites for hydroxylation is 1. The summed E-state index contributed by atoms with van der Waals surface area (Å²) in [6, 6.07) is 7.59. The van der Waals surface area contributed by atoms with Crippen molar-refractivity contribution in [2.24, 2.45) is 0 Å². The van der Waals surface area contributed by atoms with Crippen molar-refractivity contribution < 1.29 is 19.8 Å². The van der Waals surface area contributed by atoms with E-state index in [1.165, 1.54) is 0 Å². The second kappa shape index (κ2) is 7.40. The number of ether oxygens (including phenoxy) is 2. The van der Waals surface area contributed by atoms with Gasteiger partial charge in [-0.1, -0.05) is 23.7 Å². The molecule has 8 nitrogen and oxygen atoms in total. The van der Waals surface area contributed by atoms with E-state index in [-0.39, 0.29) is 0 Å². The van der Waals surface area contributed by atoms with Crippen LogP contribution in [-0.2, 0) is 21.8 Å². The molecule has 2 heterocycles. The minimum Gasteiger partial charge on any atom is -0.342 e. The van der Waals surface area contributed by atoms with E-state index in [9.17, 15) is 0 Å². The van der Waals surface area contributed by atoms with Gasteiger partial charge in [-0.15, -0.1) is 10.1 Å². The summed E-state index contributed by atoms with van der Waals surface area (Å²) in [7, 11) is 0. The number of benzene rings is 1. The first-order chi connectivity index (χ1) is 10.9. The van der Waals surface area contributed by atoms with Crippen molar-refractivity contribution in [3.8, 4) is 0 Å². The molecule has 0 atom stereocenters. The Morgan fingerprint density at radius 2 is 1.96 bits per heavy atom. The lowest BCUT2D eigenvalue weighted by Crippen LogP contribution is -2.33. The van der Waals surface area contributed by atoms with E-state index in [0.717, 1.165) is 11.4 Å². The average Bonchev–Trinajstić information content (AvgIpc) is 3.10. The largest absolute Gasteiger partial charge is 0.342 e. The molecule has 1 aliphatic rings. The van der Waals surface area contributed by atoms with Crippen molar-refractivity contribution in [3.63, 3.8) is 0 Å². The van der Waals surface area contributed by atoms with Crippen LogP contribution in [0.3, 0.4) is 0 Å². The van der Waals surface area contributed by atoms with Crippen molar-refractivity contribution >= 4 is 11.6 Å². The predicted molar refractivity (Wildman–Crippen MR) is 80.8 cm³/mol. The molecule has 0 spiro atoms. The summed E-state index contributed by atoms with van der Waals surface area (Å²) >= 11 is 5.93. The molecule has 2 aromatic rings. The molecule has 23 heavy (non-hydrogen) atoms. The van der Waals surface area contributed by atoms with Crippen molar-refractivity contribution in [1.82, 2.24) is 9.55 Å². The third-order valence-electron chi connectivity index (χ3n) is 3.34. The van der Waals surface area contributed by atoms with Gasteiger partial charge in [0.25, 0.3) is 5.09 Å². The van der Waals surface area contributed by atoms with E-state index in [2.05, 4.69) is 4.98 Å². The maximum atomic E-state index is 8.36. The lowest BCUT2D eigenvalue weighted by Gasteiger charge is -2.28. The van der Waals surface area contributed by atoms with Gasteiger partial charge in [0.1, 0.15) is 5.82 Å². The molecule has 1 N–H and O–H groups in total. The Balaban J connectivity index is 0.000000433. The van der Waals surface area contributed by atoms with E-state index >= 15 is 0 Å². The zero-order chi connectivity index (χ0) is 16.9. The van der Waals surface area contributed by atoms with Crippen molar-refractivity contribution in [1.29, 1.82) is 0 Å². The Hall–Kier alpha value is -2.16. The van der Waals surface area contributed by atoms with Gasteiger partial charge in [-0.2, -0.15) is 0 Å². The Morgan fingerprint density at radius 1 is 1.39 bits per heavy atom. The number of halogens is 1. The molecule has 124 valence electrons. The number of rotatable bonds is 3. The van der Waals surface area contributed by atoms with Gasteiger partial charge < -0.3 is 19.2 Å². The highest BCUT2D eigenvalue weighted by atomic mass is 35.5. The van der Waals surface area contributed by atoms with Crippen LogP contribution in [0.5, 0.6) is 0 Å². The van der Waals surface area contributed by atoms with E-state index in [1.54, 1.807) is 6.20 Å². The minimum atomic E-state index is -1.50. The second-order valence-corrected chi connectivity index (χ2v) is 5.23. The summed E-state index contributed by atoms with van der Waals surface area (Å²) in [6.07, 6.45) is 3.71. The Bertz CT molecular complexity index is 649. The molecule has 1 aromatic carbocycles. The fourth-order valence-electron chi connectivity index (χ4n) is 2.30. The van der Waals surface area contributed by atoms with Crippen LogP contribution in [0.15, 0.2) is 36.7 Å². The SMILES string of the molecule is Cc1nccn1CC1(c2ccc(Cl)cc2)OCCO1.O=[N+]([O-])O. The quantitative estimate of drug-likeness (QED) is 0.679. The second-order valence-electron chi connectivity index (χ2n) is 4.80. The van der Waals surface area contributed by atoms with Crippen LogP contribution in [-0.4, -0.2) is 33.1 Å². The highest BCUT2D eigenvalue weighted by Crippen LogP contribution is 2.34. The standard InChI is InChI=1S/C14H15ClN2O2.HNO3/c1-11-16-6-7-17(11)10-14(18-8-9-19-14)12-2-4-13(15)5-3-12;2-1(3)4/h2-7H,8-10H2,1H3;(H,2,3,4). The molecule has 9 heteroatoms. The molecule has 0 aliphatic carbocycles. The highest BCUT2D eigenvalue weighted by Gasteiger charge is 2.39. The van der Waals surface area contributed by atoms with Gasteiger partial charge in [0, 0.05) is 23.0 Å². The average molecular weight is 342 g/mol. The van der Waals surface area contributed by atoms with E-state index in [4.69, 9.17) is 36.4 Å². The monoisotopic (exact) mass is 341 g/mol. The van der Waals surface area contributed by atoms with Gasteiger partial charge >= 0.3 is 0 Å². The first kappa shape index (κ1) is 17.2. The fraction of sp³-hybridized carbons (Fsp3) is 0.357. The van der Waals surface area contributed by atoms with E-state index in [1.807, 2.05) is 42.0 Å². The summed E-state index contributed by atoms with van der Waals surface area (Å²) in [5, 5.41) is 14.3. The molecule has 0 unspecified atom stereocenters. The van der Waals surface area contributed by atoms with Crippen LogP contribution in [0.4, 0.5) is 0 Å². The lowest BCUT2D eigenvalue weighted by molar-refractivity contribution is -0.742. The molecule has 1 fully saturated rings. The van der Waals surface area contributed by atoms with Crippen molar-refractivity contribution in [2.45, 2.75) is 19.3 Å². The van der Waals surface area contributed by atoms with Crippen molar-refractivity contribution in [3.05, 3.63) is 63.2 Å². The molecule has 1 saturated heterocycles. The third kappa shape index (κ3) is 4.41. The smallest absolute Gasteiger partial charge is 0.291 e. The zero-order valence-corrected chi connectivity index (χ0v) is 13.1. The molecule has 0 bridgehead atoms.